The highest BCUT2D eigenvalue weighted by Gasteiger charge is 2.42. The van der Waals surface area contributed by atoms with Gasteiger partial charge in [0.1, 0.15) is 22.5 Å². The van der Waals surface area contributed by atoms with Gasteiger partial charge in [-0.05, 0) is 31.5 Å². The van der Waals surface area contributed by atoms with Gasteiger partial charge in [0.2, 0.25) is 0 Å². The van der Waals surface area contributed by atoms with Crippen molar-refractivity contribution in [2.24, 2.45) is 0 Å². The van der Waals surface area contributed by atoms with Crippen molar-refractivity contribution in [1.82, 2.24) is 9.88 Å². The van der Waals surface area contributed by atoms with Crippen molar-refractivity contribution in [1.29, 1.82) is 0 Å². The summed E-state index contributed by atoms with van der Waals surface area (Å²) in [5, 5.41) is 10.5. The summed E-state index contributed by atoms with van der Waals surface area (Å²) in [6, 6.07) is 3.79. The Morgan fingerprint density at radius 3 is 2.03 bits per heavy atom. The zero-order valence-electron chi connectivity index (χ0n) is 20.5. The lowest BCUT2D eigenvalue weighted by Crippen LogP contribution is -2.39. The van der Waals surface area contributed by atoms with E-state index in [9.17, 15) is 18.5 Å². The van der Waals surface area contributed by atoms with E-state index in [1.807, 2.05) is 0 Å². The molecule has 0 radical (unpaired) electrons. The van der Waals surface area contributed by atoms with Gasteiger partial charge in [-0.15, -0.1) is 0 Å². The molecule has 0 aliphatic carbocycles. The molecule has 2 aromatic rings. The van der Waals surface area contributed by atoms with E-state index >= 15 is 0 Å². The molecule has 1 aromatic carbocycles. The molecule has 35 heavy (non-hydrogen) atoms. The van der Waals surface area contributed by atoms with E-state index in [1.165, 1.54) is 40.7 Å². The van der Waals surface area contributed by atoms with Crippen LogP contribution < -0.4 is 18.9 Å². The Morgan fingerprint density at radius 2 is 1.57 bits per heavy atom. The Labute approximate surface area is 205 Å². The molecule has 1 aromatic heterocycles. The maximum atomic E-state index is 13.4. The van der Waals surface area contributed by atoms with Crippen molar-refractivity contribution < 1.29 is 32.3 Å². The molecule has 2 atom stereocenters. The standard InChI is InChI=1S/C23H31N3O8S/c1-31-16-12-18(32-2)20(19(13-16)33-3)21(25-9-7-6-8-10-25)22(35(5,29)30)15-11-17(26(27)28)23(34-4)24-14-15/h11-14,21-22H,6-10H2,1-5H3. The van der Waals surface area contributed by atoms with Crippen LogP contribution in [0.1, 0.15) is 41.7 Å². The largest absolute Gasteiger partial charge is 0.496 e. The van der Waals surface area contributed by atoms with Gasteiger partial charge in [0, 0.05) is 30.7 Å². The van der Waals surface area contributed by atoms with Crippen LogP contribution in [0.3, 0.4) is 0 Å². The van der Waals surface area contributed by atoms with Gasteiger partial charge in [-0.2, -0.15) is 0 Å². The van der Waals surface area contributed by atoms with Crippen molar-refractivity contribution in [3.05, 3.63) is 45.6 Å². The molecule has 192 valence electrons. The van der Waals surface area contributed by atoms with Gasteiger partial charge in [0.15, 0.2) is 9.84 Å². The SMILES string of the molecule is COc1cc(OC)c(C(C(c2cnc(OC)c([N+](=O)[O-])c2)S(C)(=O)=O)N2CCCCC2)c(OC)c1. The number of piperidine rings is 1. The summed E-state index contributed by atoms with van der Waals surface area (Å²) in [5.41, 5.74) is 0.284. The Balaban J connectivity index is 2.34. The van der Waals surface area contributed by atoms with Crippen LogP contribution in [0.25, 0.3) is 0 Å². The number of nitrogens with zero attached hydrogens (tertiary/aromatic N) is 3. The summed E-state index contributed by atoms with van der Waals surface area (Å²) in [6.45, 7) is 1.28. The summed E-state index contributed by atoms with van der Waals surface area (Å²) in [5.74, 6) is 1.07. The fraction of sp³-hybridized carbons (Fsp3) is 0.522. The van der Waals surface area contributed by atoms with Gasteiger partial charge in [-0.3, -0.25) is 15.0 Å². The number of nitro groups is 1. The summed E-state index contributed by atoms with van der Waals surface area (Å²) >= 11 is 0. The van der Waals surface area contributed by atoms with E-state index in [0.29, 0.717) is 35.9 Å². The fourth-order valence-corrected chi connectivity index (χ4v) is 6.01. The number of rotatable bonds is 10. The Hall–Kier alpha value is -3.12. The van der Waals surface area contributed by atoms with Crippen molar-refractivity contribution in [3.63, 3.8) is 0 Å². The molecule has 3 rings (SSSR count). The molecular weight excluding hydrogens is 478 g/mol. The van der Waals surface area contributed by atoms with Gasteiger partial charge < -0.3 is 18.9 Å². The minimum absolute atomic E-state index is 0.176. The Morgan fingerprint density at radius 1 is 0.971 bits per heavy atom. The van der Waals surface area contributed by atoms with Crippen LogP contribution in [0, 0.1) is 10.1 Å². The van der Waals surface area contributed by atoms with E-state index < -0.39 is 31.7 Å². The predicted molar refractivity (Wildman–Crippen MR) is 129 cm³/mol. The maximum Gasteiger partial charge on any atom is 0.331 e. The molecule has 0 spiro atoms. The van der Waals surface area contributed by atoms with Gasteiger partial charge >= 0.3 is 5.69 Å². The molecule has 1 aliphatic heterocycles. The number of hydrogen-bond donors (Lipinski definition) is 0. The molecule has 1 aliphatic rings. The maximum absolute atomic E-state index is 13.4. The second-order valence-electron chi connectivity index (χ2n) is 8.29. The molecular formula is C23H31N3O8S. The van der Waals surface area contributed by atoms with E-state index in [4.69, 9.17) is 18.9 Å². The molecule has 12 heteroatoms. The number of benzene rings is 1. The molecule has 0 saturated carbocycles. The third kappa shape index (κ3) is 5.59. The molecule has 2 unspecified atom stereocenters. The predicted octanol–water partition coefficient (Wildman–Crippen LogP) is 3.34. The quantitative estimate of drug-likeness (QED) is 0.347. The van der Waals surface area contributed by atoms with Gasteiger partial charge in [-0.25, -0.2) is 13.4 Å². The van der Waals surface area contributed by atoms with E-state index in [1.54, 1.807) is 12.1 Å². The first-order valence-electron chi connectivity index (χ1n) is 11.1. The third-order valence-electron chi connectivity index (χ3n) is 6.15. The van der Waals surface area contributed by atoms with Crippen LogP contribution in [0.15, 0.2) is 24.4 Å². The highest BCUT2D eigenvalue weighted by molar-refractivity contribution is 7.91. The normalized spacial score (nSPS) is 16.3. The highest BCUT2D eigenvalue weighted by Crippen LogP contribution is 2.49. The van der Waals surface area contributed by atoms with Crippen LogP contribution in [-0.4, -0.2) is 71.0 Å². The number of ether oxygens (including phenoxy) is 4. The second-order valence-corrected chi connectivity index (χ2v) is 10.5. The summed E-state index contributed by atoms with van der Waals surface area (Å²) < 4.78 is 48.5. The molecule has 11 nitrogen and oxygen atoms in total. The number of sulfone groups is 1. The number of aromatic nitrogens is 1. The Kier molecular flexibility index (Phi) is 8.39. The summed E-state index contributed by atoms with van der Waals surface area (Å²) in [4.78, 5) is 17.2. The topological polar surface area (TPSA) is 130 Å². The van der Waals surface area contributed by atoms with Crippen molar-refractivity contribution in [2.75, 3.05) is 47.8 Å². The molecule has 0 bridgehead atoms. The third-order valence-corrected chi connectivity index (χ3v) is 7.61. The number of likely N-dealkylation sites (tertiary alicyclic amines) is 1. The van der Waals surface area contributed by atoms with Crippen LogP contribution in [-0.2, 0) is 9.84 Å². The molecule has 1 fully saturated rings. The highest BCUT2D eigenvalue weighted by atomic mass is 32.2. The van der Waals surface area contributed by atoms with Gasteiger partial charge in [0.25, 0.3) is 5.88 Å². The van der Waals surface area contributed by atoms with E-state index in [2.05, 4.69) is 9.88 Å². The zero-order valence-corrected chi connectivity index (χ0v) is 21.3. The lowest BCUT2D eigenvalue weighted by Gasteiger charge is -2.39. The second kappa shape index (κ2) is 11.1. The average molecular weight is 510 g/mol. The fourth-order valence-electron chi connectivity index (χ4n) is 4.61. The molecule has 1 saturated heterocycles. The first kappa shape index (κ1) is 26.5. The van der Waals surface area contributed by atoms with Gasteiger partial charge in [0.05, 0.1) is 45.0 Å². The van der Waals surface area contributed by atoms with E-state index in [-0.39, 0.29) is 11.4 Å². The van der Waals surface area contributed by atoms with Crippen LogP contribution in [0.2, 0.25) is 0 Å². The van der Waals surface area contributed by atoms with Crippen LogP contribution in [0.4, 0.5) is 5.69 Å². The minimum Gasteiger partial charge on any atom is -0.496 e. The number of methoxy groups -OCH3 is 4. The first-order chi connectivity index (χ1) is 16.7. The van der Waals surface area contributed by atoms with Crippen LogP contribution >= 0.6 is 0 Å². The lowest BCUT2D eigenvalue weighted by molar-refractivity contribution is -0.386. The van der Waals surface area contributed by atoms with Crippen molar-refractivity contribution in [2.45, 2.75) is 30.6 Å². The number of pyridine rings is 1. The van der Waals surface area contributed by atoms with Gasteiger partial charge in [-0.1, -0.05) is 6.42 Å². The van der Waals surface area contributed by atoms with Crippen molar-refractivity contribution in [3.8, 4) is 23.1 Å². The van der Waals surface area contributed by atoms with Crippen molar-refractivity contribution >= 4 is 15.5 Å². The molecule has 0 N–H and O–H groups in total. The Bertz CT molecular complexity index is 1140. The zero-order chi connectivity index (χ0) is 25.8. The summed E-state index contributed by atoms with van der Waals surface area (Å²) in [7, 11) is 1.92. The molecule has 2 heterocycles. The minimum atomic E-state index is -3.83. The lowest BCUT2D eigenvalue weighted by atomic mass is 9.93. The molecule has 0 amide bonds. The monoisotopic (exact) mass is 509 g/mol. The van der Waals surface area contributed by atoms with Crippen LogP contribution in [0.5, 0.6) is 23.1 Å². The van der Waals surface area contributed by atoms with E-state index in [0.717, 1.165) is 25.5 Å². The average Bonchev–Trinajstić information content (AvgIpc) is 2.85. The summed E-state index contributed by atoms with van der Waals surface area (Å²) in [6.07, 6.45) is 5.23. The number of hydrogen-bond acceptors (Lipinski definition) is 10. The smallest absolute Gasteiger partial charge is 0.331 e. The first-order valence-corrected chi connectivity index (χ1v) is 13.0.